The predicted molar refractivity (Wildman–Crippen MR) is 72.1 cm³/mol. The van der Waals surface area contributed by atoms with Gasteiger partial charge in [-0.05, 0) is 30.9 Å². The maximum atomic E-state index is 11.6. The van der Waals surface area contributed by atoms with Crippen molar-refractivity contribution in [3.05, 3.63) is 42.1 Å². The molecule has 1 aromatic rings. The van der Waals surface area contributed by atoms with E-state index in [1.165, 1.54) is 0 Å². The summed E-state index contributed by atoms with van der Waals surface area (Å²) >= 11 is 0. The van der Waals surface area contributed by atoms with E-state index in [0.717, 1.165) is 17.7 Å². The minimum atomic E-state index is -0.242. The Morgan fingerprint density at radius 1 is 1.41 bits per heavy atom. The second kappa shape index (κ2) is 6.09. The van der Waals surface area contributed by atoms with Crippen molar-refractivity contribution < 1.29 is 4.79 Å². The number of benzene rings is 1. The van der Waals surface area contributed by atoms with Gasteiger partial charge in [0.05, 0.1) is 0 Å². The molecule has 2 amide bonds. The van der Waals surface area contributed by atoms with Gasteiger partial charge in [0.15, 0.2) is 0 Å². The van der Waals surface area contributed by atoms with Gasteiger partial charge < -0.3 is 10.6 Å². The second-order valence-electron chi connectivity index (χ2n) is 4.26. The fourth-order valence-corrected chi connectivity index (χ4v) is 1.61. The van der Waals surface area contributed by atoms with Crippen LogP contribution in [0.25, 0.3) is 0 Å². The lowest BCUT2D eigenvalue weighted by Crippen LogP contribution is -2.27. The van der Waals surface area contributed by atoms with Crippen molar-refractivity contribution in [3.63, 3.8) is 0 Å². The zero-order chi connectivity index (χ0) is 12.8. The molecular weight excluding hydrogens is 212 g/mol. The first-order valence-corrected chi connectivity index (χ1v) is 5.87. The lowest BCUT2D eigenvalue weighted by molar-refractivity contribution is 0.254. The van der Waals surface area contributed by atoms with Crippen LogP contribution in [0.15, 0.2) is 36.5 Å². The van der Waals surface area contributed by atoms with Crippen LogP contribution in [0.1, 0.15) is 38.7 Å². The highest BCUT2D eigenvalue weighted by molar-refractivity contribution is 5.91. The average Bonchev–Trinajstić information content (AvgIpc) is 2.27. The SMILES string of the molecule is C=C(C)NC(=O)Nc1ccccc1C(C)CC. The molecule has 0 radical (unpaired) electrons. The largest absolute Gasteiger partial charge is 0.323 e. The topological polar surface area (TPSA) is 41.1 Å². The molecule has 3 nitrogen and oxygen atoms in total. The van der Waals surface area contributed by atoms with Crippen molar-refractivity contribution in [1.29, 1.82) is 0 Å². The van der Waals surface area contributed by atoms with Crippen LogP contribution in [-0.4, -0.2) is 6.03 Å². The second-order valence-corrected chi connectivity index (χ2v) is 4.26. The number of carbonyl (C=O) groups excluding carboxylic acids is 1. The quantitative estimate of drug-likeness (QED) is 0.813. The smallest absolute Gasteiger partial charge is 0.312 e. The van der Waals surface area contributed by atoms with Crippen LogP contribution in [0.5, 0.6) is 0 Å². The number of hydrogen-bond donors (Lipinski definition) is 2. The first kappa shape index (κ1) is 13.3. The van der Waals surface area contributed by atoms with Gasteiger partial charge in [0.2, 0.25) is 0 Å². The summed E-state index contributed by atoms with van der Waals surface area (Å²) in [6, 6.07) is 7.63. The Morgan fingerprint density at radius 3 is 2.65 bits per heavy atom. The molecule has 0 aliphatic rings. The maximum Gasteiger partial charge on any atom is 0.323 e. The highest BCUT2D eigenvalue weighted by Gasteiger charge is 2.10. The van der Waals surface area contributed by atoms with Gasteiger partial charge in [0.25, 0.3) is 0 Å². The van der Waals surface area contributed by atoms with Gasteiger partial charge in [-0.3, -0.25) is 0 Å². The van der Waals surface area contributed by atoms with Gasteiger partial charge in [0, 0.05) is 11.4 Å². The van der Waals surface area contributed by atoms with E-state index in [-0.39, 0.29) is 6.03 Å². The summed E-state index contributed by atoms with van der Waals surface area (Å²) in [5.41, 5.74) is 2.65. The summed E-state index contributed by atoms with van der Waals surface area (Å²) in [4.78, 5) is 11.6. The third-order valence-electron chi connectivity index (χ3n) is 2.68. The number of rotatable bonds is 4. The summed E-state index contributed by atoms with van der Waals surface area (Å²) in [6.07, 6.45) is 1.04. The van der Waals surface area contributed by atoms with Gasteiger partial charge >= 0.3 is 6.03 Å². The molecule has 0 spiro atoms. The lowest BCUT2D eigenvalue weighted by Gasteiger charge is -2.15. The summed E-state index contributed by atoms with van der Waals surface area (Å²) in [7, 11) is 0. The zero-order valence-corrected chi connectivity index (χ0v) is 10.7. The van der Waals surface area contributed by atoms with Gasteiger partial charge in [-0.15, -0.1) is 0 Å². The Kier molecular flexibility index (Phi) is 4.76. The molecule has 92 valence electrons. The van der Waals surface area contributed by atoms with Crippen LogP contribution >= 0.6 is 0 Å². The van der Waals surface area contributed by atoms with E-state index >= 15 is 0 Å². The van der Waals surface area contributed by atoms with Gasteiger partial charge in [-0.2, -0.15) is 0 Å². The molecule has 0 aliphatic heterocycles. The fourth-order valence-electron chi connectivity index (χ4n) is 1.61. The van der Waals surface area contributed by atoms with E-state index in [1.807, 2.05) is 24.3 Å². The Balaban J connectivity index is 2.83. The maximum absolute atomic E-state index is 11.6. The van der Waals surface area contributed by atoms with Crippen LogP contribution in [0.2, 0.25) is 0 Å². The Hall–Kier alpha value is -1.77. The van der Waals surface area contributed by atoms with E-state index < -0.39 is 0 Å². The molecule has 17 heavy (non-hydrogen) atoms. The number of anilines is 1. The minimum absolute atomic E-state index is 0.242. The molecule has 0 fully saturated rings. The van der Waals surface area contributed by atoms with Crippen molar-refractivity contribution in [2.75, 3.05) is 5.32 Å². The molecule has 0 saturated heterocycles. The number of amides is 2. The number of allylic oxidation sites excluding steroid dienone is 1. The molecule has 0 saturated carbocycles. The standard InChI is InChI=1S/C14H20N2O/c1-5-11(4)12-8-6-7-9-13(12)16-14(17)15-10(2)3/h6-9,11H,2,5H2,1,3-4H3,(H2,15,16,17). The number of carbonyl (C=O) groups is 1. The molecule has 0 heterocycles. The summed E-state index contributed by atoms with van der Waals surface area (Å²) in [6.45, 7) is 9.67. The Labute approximate surface area is 103 Å². The molecule has 1 aromatic carbocycles. The Bertz CT molecular complexity index is 412. The van der Waals surface area contributed by atoms with E-state index in [1.54, 1.807) is 6.92 Å². The van der Waals surface area contributed by atoms with Crippen LogP contribution in [0.4, 0.5) is 10.5 Å². The number of para-hydroxylation sites is 1. The summed E-state index contributed by atoms with van der Waals surface area (Å²) in [5.74, 6) is 0.427. The van der Waals surface area contributed by atoms with Crippen LogP contribution < -0.4 is 10.6 Å². The van der Waals surface area contributed by atoms with Crippen molar-refractivity contribution >= 4 is 11.7 Å². The monoisotopic (exact) mass is 232 g/mol. The fraction of sp³-hybridized carbons (Fsp3) is 0.357. The molecule has 1 unspecified atom stereocenters. The molecule has 0 bridgehead atoms. The molecule has 2 N–H and O–H groups in total. The summed E-state index contributed by atoms with van der Waals surface area (Å²) in [5, 5.41) is 5.48. The molecular formula is C14H20N2O. The molecule has 3 heteroatoms. The van der Waals surface area contributed by atoms with E-state index in [2.05, 4.69) is 31.1 Å². The van der Waals surface area contributed by atoms with Crippen molar-refractivity contribution in [3.8, 4) is 0 Å². The number of hydrogen-bond acceptors (Lipinski definition) is 1. The third-order valence-corrected chi connectivity index (χ3v) is 2.68. The van der Waals surface area contributed by atoms with Crippen molar-refractivity contribution in [2.24, 2.45) is 0 Å². The molecule has 1 atom stereocenters. The van der Waals surface area contributed by atoms with Gasteiger partial charge in [-0.25, -0.2) is 4.79 Å². The zero-order valence-electron chi connectivity index (χ0n) is 10.7. The van der Waals surface area contributed by atoms with Gasteiger partial charge in [-0.1, -0.05) is 38.6 Å². The van der Waals surface area contributed by atoms with Crippen LogP contribution in [0, 0.1) is 0 Å². The summed E-state index contributed by atoms with van der Waals surface area (Å²) < 4.78 is 0. The van der Waals surface area contributed by atoms with Crippen molar-refractivity contribution in [2.45, 2.75) is 33.1 Å². The highest BCUT2D eigenvalue weighted by Crippen LogP contribution is 2.26. The van der Waals surface area contributed by atoms with E-state index in [0.29, 0.717) is 11.6 Å². The number of urea groups is 1. The molecule has 0 aliphatic carbocycles. The van der Waals surface area contributed by atoms with Crippen LogP contribution in [0.3, 0.4) is 0 Å². The van der Waals surface area contributed by atoms with Crippen molar-refractivity contribution in [1.82, 2.24) is 5.32 Å². The molecule has 1 rings (SSSR count). The minimum Gasteiger partial charge on any atom is -0.312 e. The number of nitrogens with one attached hydrogen (secondary N) is 2. The van der Waals surface area contributed by atoms with Gasteiger partial charge in [0.1, 0.15) is 0 Å². The van der Waals surface area contributed by atoms with Crippen LogP contribution in [-0.2, 0) is 0 Å². The third kappa shape index (κ3) is 3.94. The predicted octanol–water partition coefficient (Wildman–Crippen LogP) is 3.86. The normalized spacial score (nSPS) is 11.7. The highest BCUT2D eigenvalue weighted by atomic mass is 16.2. The van der Waals surface area contributed by atoms with E-state index in [9.17, 15) is 4.79 Å². The lowest BCUT2D eigenvalue weighted by atomic mass is 9.97. The average molecular weight is 232 g/mol. The first-order chi connectivity index (χ1) is 8.04. The molecule has 0 aromatic heterocycles. The Morgan fingerprint density at radius 2 is 2.06 bits per heavy atom. The first-order valence-electron chi connectivity index (χ1n) is 5.87. The van der Waals surface area contributed by atoms with E-state index in [4.69, 9.17) is 0 Å².